The SMILES string of the molecule is CCCC(O)CNc1cnn(CCC)c(=O)c1Cl. The van der Waals surface area contributed by atoms with Crippen LogP contribution >= 0.6 is 11.6 Å². The molecule has 0 aromatic carbocycles. The summed E-state index contributed by atoms with van der Waals surface area (Å²) in [7, 11) is 0. The lowest BCUT2D eigenvalue weighted by molar-refractivity contribution is 0.176. The van der Waals surface area contributed by atoms with Gasteiger partial charge in [-0.3, -0.25) is 4.79 Å². The fourth-order valence-electron chi connectivity index (χ4n) is 1.62. The molecule has 0 spiro atoms. The highest BCUT2D eigenvalue weighted by Gasteiger charge is 2.10. The normalized spacial score (nSPS) is 12.4. The monoisotopic (exact) mass is 273 g/mol. The summed E-state index contributed by atoms with van der Waals surface area (Å²) in [5.41, 5.74) is 0.178. The number of halogens is 1. The summed E-state index contributed by atoms with van der Waals surface area (Å²) in [5.74, 6) is 0. The lowest BCUT2D eigenvalue weighted by atomic mass is 10.2. The van der Waals surface area contributed by atoms with Crippen molar-refractivity contribution in [3.05, 3.63) is 21.6 Å². The Morgan fingerprint density at radius 1 is 1.50 bits per heavy atom. The summed E-state index contributed by atoms with van der Waals surface area (Å²) in [5, 5.41) is 16.7. The molecule has 0 radical (unpaired) electrons. The molecule has 102 valence electrons. The van der Waals surface area contributed by atoms with Crippen LogP contribution in [0.3, 0.4) is 0 Å². The number of hydrogen-bond acceptors (Lipinski definition) is 4. The average molecular weight is 274 g/mol. The zero-order valence-corrected chi connectivity index (χ0v) is 11.6. The summed E-state index contributed by atoms with van der Waals surface area (Å²) in [6.45, 7) is 4.89. The van der Waals surface area contributed by atoms with Gasteiger partial charge in [0.25, 0.3) is 5.56 Å². The molecule has 0 aliphatic carbocycles. The van der Waals surface area contributed by atoms with Crippen LogP contribution in [0.1, 0.15) is 33.1 Å². The molecule has 0 saturated carbocycles. The third kappa shape index (κ3) is 3.99. The Bertz CT molecular complexity index is 434. The van der Waals surface area contributed by atoms with Gasteiger partial charge in [0.1, 0.15) is 5.02 Å². The quantitative estimate of drug-likeness (QED) is 0.796. The number of aryl methyl sites for hydroxylation is 1. The van der Waals surface area contributed by atoms with Gasteiger partial charge < -0.3 is 10.4 Å². The van der Waals surface area contributed by atoms with Gasteiger partial charge in [-0.15, -0.1) is 0 Å². The van der Waals surface area contributed by atoms with Gasteiger partial charge in [0, 0.05) is 13.1 Å². The van der Waals surface area contributed by atoms with Gasteiger partial charge in [0.05, 0.1) is 18.0 Å². The Morgan fingerprint density at radius 3 is 2.83 bits per heavy atom. The molecule has 0 aliphatic rings. The van der Waals surface area contributed by atoms with E-state index in [-0.39, 0.29) is 10.6 Å². The zero-order chi connectivity index (χ0) is 13.5. The topological polar surface area (TPSA) is 67.2 Å². The Labute approximate surface area is 112 Å². The molecule has 0 amide bonds. The van der Waals surface area contributed by atoms with E-state index in [4.69, 9.17) is 11.6 Å². The maximum absolute atomic E-state index is 11.8. The van der Waals surface area contributed by atoms with Crippen LogP contribution in [-0.2, 0) is 6.54 Å². The molecule has 2 N–H and O–H groups in total. The smallest absolute Gasteiger partial charge is 0.287 e. The van der Waals surface area contributed by atoms with E-state index in [1.165, 1.54) is 10.9 Å². The van der Waals surface area contributed by atoms with Crippen LogP contribution in [0.15, 0.2) is 11.0 Å². The van der Waals surface area contributed by atoms with E-state index in [0.29, 0.717) is 25.2 Å². The minimum atomic E-state index is -0.441. The lowest BCUT2D eigenvalue weighted by Gasteiger charge is -2.13. The first-order valence-electron chi connectivity index (χ1n) is 6.27. The van der Waals surface area contributed by atoms with Crippen molar-refractivity contribution in [1.29, 1.82) is 0 Å². The molecule has 6 heteroatoms. The van der Waals surface area contributed by atoms with E-state index in [0.717, 1.165) is 12.8 Å². The number of aliphatic hydroxyl groups excluding tert-OH is 1. The van der Waals surface area contributed by atoms with E-state index in [2.05, 4.69) is 10.4 Å². The Morgan fingerprint density at radius 2 is 2.22 bits per heavy atom. The summed E-state index contributed by atoms with van der Waals surface area (Å²) in [4.78, 5) is 11.8. The molecular formula is C12H20ClN3O2. The third-order valence-corrected chi connectivity index (χ3v) is 2.94. The molecule has 0 fully saturated rings. The van der Waals surface area contributed by atoms with Gasteiger partial charge in [0.15, 0.2) is 0 Å². The van der Waals surface area contributed by atoms with Crippen molar-refractivity contribution < 1.29 is 5.11 Å². The number of aromatic nitrogens is 2. The van der Waals surface area contributed by atoms with Crippen molar-refractivity contribution in [3.8, 4) is 0 Å². The van der Waals surface area contributed by atoms with Crippen molar-refractivity contribution in [3.63, 3.8) is 0 Å². The van der Waals surface area contributed by atoms with Crippen LogP contribution in [0, 0.1) is 0 Å². The molecule has 0 aliphatic heterocycles. The van der Waals surface area contributed by atoms with Crippen LogP contribution in [0.5, 0.6) is 0 Å². The molecule has 0 bridgehead atoms. The van der Waals surface area contributed by atoms with Gasteiger partial charge in [-0.2, -0.15) is 5.10 Å². The molecule has 1 rings (SSSR count). The summed E-state index contributed by atoms with van der Waals surface area (Å²) in [6, 6.07) is 0. The van der Waals surface area contributed by atoms with Gasteiger partial charge in [0.2, 0.25) is 0 Å². The second-order valence-electron chi connectivity index (χ2n) is 4.22. The van der Waals surface area contributed by atoms with Crippen LogP contribution in [0.25, 0.3) is 0 Å². The molecule has 1 atom stereocenters. The largest absolute Gasteiger partial charge is 0.391 e. The first-order valence-corrected chi connectivity index (χ1v) is 6.65. The number of nitrogens with one attached hydrogen (secondary N) is 1. The molecule has 1 aromatic rings. The predicted octanol–water partition coefficient (Wildman–Crippen LogP) is 1.88. The molecular weight excluding hydrogens is 254 g/mol. The highest BCUT2D eigenvalue weighted by atomic mass is 35.5. The Hall–Kier alpha value is -1.07. The van der Waals surface area contributed by atoms with Gasteiger partial charge >= 0.3 is 0 Å². The zero-order valence-electron chi connectivity index (χ0n) is 10.8. The average Bonchev–Trinajstić information content (AvgIpc) is 2.35. The number of hydrogen-bond donors (Lipinski definition) is 2. The van der Waals surface area contributed by atoms with E-state index >= 15 is 0 Å². The lowest BCUT2D eigenvalue weighted by Crippen LogP contribution is -2.26. The second kappa shape index (κ2) is 7.38. The molecule has 1 aromatic heterocycles. The maximum atomic E-state index is 11.8. The number of anilines is 1. The standard InChI is InChI=1S/C12H20ClN3O2/c1-3-5-9(17)7-14-10-8-15-16(6-4-2)12(18)11(10)13/h8-9,14,17H,3-7H2,1-2H3. The third-order valence-electron chi connectivity index (χ3n) is 2.57. The molecule has 0 saturated heterocycles. The minimum absolute atomic E-state index is 0.127. The predicted molar refractivity (Wildman–Crippen MR) is 73.2 cm³/mol. The molecule has 5 nitrogen and oxygen atoms in total. The van der Waals surface area contributed by atoms with E-state index in [9.17, 15) is 9.90 Å². The molecule has 18 heavy (non-hydrogen) atoms. The van der Waals surface area contributed by atoms with Crippen molar-refractivity contribution in [2.75, 3.05) is 11.9 Å². The number of rotatable bonds is 7. The number of nitrogens with zero attached hydrogens (tertiary/aromatic N) is 2. The van der Waals surface area contributed by atoms with Crippen molar-refractivity contribution in [1.82, 2.24) is 9.78 Å². The van der Waals surface area contributed by atoms with Crippen LogP contribution in [0.4, 0.5) is 5.69 Å². The fraction of sp³-hybridized carbons (Fsp3) is 0.667. The highest BCUT2D eigenvalue weighted by molar-refractivity contribution is 6.32. The van der Waals surface area contributed by atoms with E-state index in [1.54, 1.807) is 0 Å². The fourth-order valence-corrected chi connectivity index (χ4v) is 1.84. The summed E-state index contributed by atoms with van der Waals surface area (Å²) >= 11 is 5.98. The summed E-state index contributed by atoms with van der Waals surface area (Å²) in [6.07, 6.45) is 3.53. The van der Waals surface area contributed by atoms with Gasteiger partial charge in [-0.05, 0) is 12.8 Å². The summed E-state index contributed by atoms with van der Waals surface area (Å²) < 4.78 is 1.34. The minimum Gasteiger partial charge on any atom is -0.391 e. The Balaban J connectivity index is 2.73. The van der Waals surface area contributed by atoms with E-state index in [1.807, 2.05) is 13.8 Å². The Kier molecular flexibility index (Phi) is 6.15. The highest BCUT2D eigenvalue weighted by Crippen LogP contribution is 2.15. The van der Waals surface area contributed by atoms with Crippen LogP contribution in [-0.4, -0.2) is 27.5 Å². The number of aliphatic hydroxyl groups is 1. The molecule has 1 heterocycles. The van der Waals surface area contributed by atoms with Crippen molar-refractivity contribution in [2.45, 2.75) is 45.8 Å². The second-order valence-corrected chi connectivity index (χ2v) is 4.60. The van der Waals surface area contributed by atoms with Crippen molar-refractivity contribution in [2.24, 2.45) is 0 Å². The van der Waals surface area contributed by atoms with Crippen molar-refractivity contribution >= 4 is 17.3 Å². The maximum Gasteiger partial charge on any atom is 0.287 e. The van der Waals surface area contributed by atoms with E-state index < -0.39 is 6.10 Å². The van der Waals surface area contributed by atoms with Gasteiger partial charge in [-0.1, -0.05) is 31.9 Å². The first kappa shape index (κ1) is 15.0. The van der Waals surface area contributed by atoms with Crippen LogP contribution < -0.4 is 10.9 Å². The first-order chi connectivity index (χ1) is 8.60. The van der Waals surface area contributed by atoms with Gasteiger partial charge in [-0.25, -0.2) is 4.68 Å². The van der Waals surface area contributed by atoms with Crippen LogP contribution in [0.2, 0.25) is 5.02 Å². The molecule has 1 unspecified atom stereocenters.